The number of halogens is 1. The molecule has 0 amide bonds. The normalized spacial score (nSPS) is 10.6. The van der Waals surface area contributed by atoms with Crippen molar-refractivity contribution in [1.29, 1.82) is 0 Å². The third kappa shape index (κ3) is 4.52. The maximum absolute atomic E-state index is 11.4. The number of hydrogen-bond acceptors (Lipinski definition) is 4. The van der Waals surface area contributed by atoms with E-state index < -0.39 is 5.97 Å². The number of carbonyl (C=O) groups excluding carboxylic acids is 1. The predicted octanol–water partition coefficient (Wildman–Crippen LogP) is 1.56. The van der Waals surface area contributed by atoms with Gasteiger partial charge in [-0.1, -0.05) is 0 Å². The number of ether oxygens (including phenoxy) is 1. The zero-order chi connectivity index (χ0) is 12.7. The van der Waals surface area contributed by atoms with Crippen molar-refractivity contribution in [2.75, 3.05) is 13.6 Å². The number of esters is 1. The van der Waals surface area contributed by atoms with E-state index in [2.05, 4.69) is 26.0 Å². The van der Waals surface area contributed by atoms with Crippen molar-refractivity contribution < 1.29 is 14.2 Å². The van der Waals surface area contributed by atoms with E-state index in [1.807, 2.05) is 24.3 Å². The summed E-state index contributed by atoms with van der Waals surface area (Å²) in [4.78, 5) is 11.4. The zero-order valence-electron chi connectivity index (χ0n) is 9.27. The molecule has 0 saturated heterocycles. The first-order chi connectivity index (χ1) is 8.17. The standard InChI is InChI=1S/C11H11BBrNO3/c1-17-11(15)10(14-7-12-16)6-8-3-2-4-9(13)5-8/h2-6,14H,7H2,1H3/b10-6+. The van der Waals surface area contributed by atoms with Crippen molar-refractivity contribution in [3.63, 3.8) is 0 Å². The van der Waals surface area contributed by atoms with Gasteiger partial charge in [0.05, 0.1) is 0 Å². The van der Waals surface area contributed by atoms with E-state index in [1.54, 1.807) is 6.08 Å². The molecule has 0 aliphatic heterocycles. The molecule has 1 N–H and O–H groups in total. The molecule has 0 spiro atoms. The maximum atomic E-state index is 11.4. The van der Waals surface area contributed by atoms with Crippen LogP contribution in [0.1, 0.15) is 5.56 Å². The summed E-state index contributed by atoms with van der Waals surface area (Å²) in [6.07, 6.45) is 1.69. The first kappa shape index (κ1) is 13.6. The van der Waals surface area contributed by atoms with Gasteiger partial charge >= 0.3 is 108 Å². The molecule has 88 valence electrons. The molecular weight excluding hydrogens is 285 g/mol. The van der Waals surface area contributed by atoms with E-state index in [1.165, 1.54) is 7.11 Å². The van der Waals surface area contributed by atoms with Gasteiger partial charge in [-0.05, 0) is 0 Å². The van der Waals surface area contributed by atoms with Gasteiger partial charge in [-0.3, -0.25) is 0 Å². The number of carbonyl (C=O) groups is 1. The second-order valence-corrected chi connectivity index (χ2v) is 4.07. The molecule has 0 fully saturated rings. The second-order valence-electron chi connectivity index (χ2n) is 3.15. The van der Waals surface area contributed by atoms with E-state index in [9.17, 15) is 9.50 Å². The fraction of sp³-hybridized carbons (Fsp3) is 0.182. The average molecular weight is 296 g/mol. The molecule has 0 aromatic heterocycles. The average Bonchev–Trinajstić information content (AvgIpc) is 2.33. The van der Waals surface area contributed by atoms with Crippen LogP contribution in [0.4, 0.5) is 0 Å². The van der Waals surface area contributed by atoms with Crippen LogP contribution in [0.2, 0.25) is 0 Å². The minimum absolute atomic E-state index is 0.0644. The topological polar surface area (TPSA) is 55.4 Å². The van der Waals surface area contributed by atoms with Crippen LogP contribution in [-0.4, -0.2) is 26.7 Å². The summed E-state index contributed by atoms with van der Waals surface area (Å²) in [7, 11) is 1.97. The number of methoxy groups -OCH3 is 1. The molecule has 17 heavy (non-hydrogen) atoms. The van der Waals surface area contributed by atoms with E-state index >= 15 is 0 Å². The van der Waals surface area contributed by atoms with Crippen molar-refractivity contribution in [2.24, 2.45) is 0 Å². The summed E-state index contributed by atoms with van der Waals surface area (Å²) < 4.78 is 15.8. The third-order valence-electron chi connectivity index (χ3n) is 1.94. The summed E-state index contributed by atoms with van der Waals surface area (Å²) in [6, 6.07) is 7.43. The van der Waals surface area contributed by atoms with Gasteiger partial charge < -0.3 is 0 Å². The van der Waals surface area contributed by atoms with Crippen LogP contribution >= 0.6 is 15.9 Å². The Balaban J connectivity index is 2.95. The third-order valence-corrected chi connectivity index (χ3v) is 2.43. The Hall–Kier alpha value is -1.43. The Labute approximate surface area is 108 Å². The molecule has 1 aromatic rings. The van der Waals surface area contributed by atoms with Gasteiger partial charge in [0.1, 0.15) is 0 Å². The van der Waals surface area contributed by atoms with Crippen LogP contribution in [0, 0.1) is 0 Å². The summed E-state index contributed by atoms with van der Waals surface area (Å²) in [5.74, 6) is -0.508. The summed E-state index contributed by atoms with van der Waals surface area (Å²) in [6.45, 7) is 0. The van der Waals surface area contributed by atoms with Crippen molar-refractivity contribution in [1.82, 2.24) is 5.32 Å². The number of hydrogen-bond donors (Lipinski definition) is 1. The molecule has 0 saturated carbocycles. The van der Waals surface area contributed by atoms with Crippen molar-refractivity contribution >= 4 is 35.1 Å². The van der Waals surface area contributed by atoms with Crippen LogP contribution in [0.5, 0.6) is 0 Å². The van der Waals surface area contributed by atoms with Crippen molar-refractivity contribution in [3.8, 4) is 0 Å². The van der Waals surface area contributed by atoms with Gasteiger partial charge in [-0.25, -0.2) is 0 Å². The zero-order valence-corrected chi connectivity index (χ0v) is 10.9. The molecule has 4 nitrogen and oxygen atoms in total. The van der Waals surface area contributed by atoms with Crippen LogP contribution in [0.25, 0.3) is 6.08 Å². The van der Waals surface area contributed by atoms with Crippen molar-refractivity contribution in [3.05, 3.63) is 40.0 Å². The van der Waals surface area contributed by atoms with Crippen LogP contribution in [0.3, 0.4) is 0 Å². The second kappa shape index (κ2) is 7.01. The van der Waals surface area contributed by atoms with E-state index in [4.69, 9.17) is 0 Å². The molecule has 0 heterocycles. The van der Waals surface area contributed by atoms with Gasteiger partial charge in [-0.15, -0.1) is 0 Å². The molecule has 1 aromatic carbocycles. The quantitative estimate of drug-likeness (QED) is 0.509. The molecule has 0 aliphatic carbocycles. The van der Waals surface area contributed by atoms with E-state index in [0.29, 0.717) is 7.15 Å². The minimum atomic E-state index is -0.508. The molecule has 0 aliphatic rings. The molecule has 0 radical (unpaired) electrons. The van der Waals surface area contributed by atoms with Gasteiger partial charge in [0.2, 0.25) is 0 Å². The van der Waals surface area contributed by atoms with Gasteiger partial charge in [0, 0.05) is 0 Å². The Morgan fingerprint density at radius 3 is 2.94 bits per heavy atom. The predicted molar refractivity (Wildman–Crippen MR) is 68.6 cm³/mol. The number of nitrogens with one attached hydrogen (secondary N) is 1. The summed E-state index contributed by atoms with van der Waals surface area (Å²) >= 11 is 3.34. The molecule has 0 bridgehead atoms. The van der Waals surface area contributed by atoms with Gasteiger partial charge in [-0.2, -0.15) is 0 Å². The molecule has 0 atom stereocenters. The SMILES string of the molecule is COC(=O)/C(=C\c1cccc(Br)c1)NCB=O. The summed E-state index contributed by atoms with van der Waals surface area (Å²) in [5, 5.41) is 2.69. The Kier molecular flexibility index (Phi) is 5.62. The molecule has 6 heteroatoms. The Morgan fingerprint density at radius 2 is 2.35 bits per heavy atom. The van der Waals surface area contributed by atoms with Crippen molar-refractivity contribution in [2.45, 2.75) is 0 Å². The monoisotopic (exact) mass is 295 g/mol. The number of rotatable bonds is 5. The number of benzene rings is 1. The first-order valence-electron chi connectivity index (χ1n) is 4.90. The molecular formula is C11H11BBrNO3. The summed E-state index contributed by atoms with van der Waals surface area (Å²) in [5.41, 5.74) is 1.08. The Morgan fingerprint density at radius 1 is 1.59 bits per heavy atom. The van der Waals surface area contributed by atoms with Crippen LogP contribution < -0.4 is 5.32 Å². The Bertz CT molecular complexity index is 448. The van der Waals surface area contributed by atoms with E-state index in [0.717, 1.165) is 10.0 Å². The first-order valence-corrected chi connectivity index (χ1v) is 5.69. The molecule has 1 rings (SSSR count). The van der Waals surface area contributed by atoms with Crippen LogP contribution in [0.15, 0.2) is 34.4 Å². The fourth-order valence-corrected chi connectivity index (χ4v) is 1.62. The van der Waals surface area contributed by atoms with Gasteiger partial charge in [0.25, 0.3) is 0 Å². The fourth-order valence-electron chi connectivity index (χ4n) is 1.21. The van der Waals surface area contributed by atoms with E-state index in [-0.39, 0.29) is 12.1 Å². The molecule has 0 unspecified atom stereocenters. The van der Waals surface area contributed by atoms with Gasteiger partial charge in [0.15, 0.2) is 0 Å². The van der Waals surface area contributed by atoms with Crippen LogP contribution in [-0.2, 0) is 14.2 Å².